The lowest BCUT2D eigenvalue weighted by Gasteiger charge is -2.22. The van der Waals surface area contributed by atoms with Gasteiger partial charge in [0.1, 0.15) is 19.3 Å². The second-order valence-electron chi connectivity index (χ2n) is 5.82. The molecule has 1 N–H and O–H groups in total. The second-order valence-corrected chi connectivity index (χ2v) is 7.53. The van der Waals surface area contributed by atoms with Gasteiger partial charge in [-0.3, -0.25) is 4.79 Å². The van der Waals surface area contributed by atoms with Crippen LogP contribution >= 0.6 is 0 Å². The van der Waals surface area contributed by atoms with Crippen molar-refractivity contribution in [2.75, 3.05) is 19.8 Å². The van der Waals surface area contributed by atoms with Gasteiger partial charge in [-0.1, -0.05) is 20.8 Å². The molecule has 0 amide bonds. The number of benzene rings is 1. The summed E-state index contributed by atoms with van der Waals surface area (Å²) in [5.41, 5.74) is 0. The summed E-state index contributed by atoms with van der Waals surface area (Å²) in [6, 6.07) is 3.41. The maximum absolute atomic E-state index is 12.6. The van der Waals surface area contributed by atoms with Crippen molar-refractivity contribution in [3.8, 4) is 11.5 Å². The standard InChI is InChI=1S/C16H23NO6S/c1-4-7-23-16(18)15(11(2)3)17-24(19,20)12-5-6-13-14(10-12)22-9-8-21-13/h5-6,10-11,15,17H,4,7-9H2,1-3H3/t15-/m0/s1. The SMILES string of the molecule is CCCOC(=O)[C@@H](NS(=O)(=O)c1ccc2c(c1)OCCO2)C(C)C. The highest BCUT2D eigenvalue weighted by molar-refractivity contribution is 7.89. The first-order valence-electron chi connectivity index (χ1n) is 7.93. The number of carbonyl (C=O) groups excluding carboxylic acids is 1. The first-order chi connectivity index (χ1) is 11.3. The molecule has 1 aromatic carbocycles. The molecule has 0 spiro atoms. The lowest BCUT2D eigenvalue weighted by Crippen LogP contribution is -2.45. The van der Waals surface area contributed by atoms with Crippen molar-refractivity contribution < 1.29 is 27.4 Å². The molecular weight excluding hydrogens is 334 g/mol. The van der Waals surface area contributed by atoms with Gasteiger partial charge in [0, 0.05) is 6.07 Å². The minimum atomic E-state index is -3.89. The fraction of sp³-hybridized carbons (Fsp3) is 0.562. The number of hydrogen-bond acceptors (Lipinski definition) is 6. The zero-order chi connectivity index (χ0) is 17.7. The van der Waals surface area contributed by atoms with Crippen LogP contribution in [0.2, 0.25) is 0 Å². The average molecular weight is 357 g/mol. The normalized spacial score (nSPS) is 15.2. The largest absolute Gasteiger partial charge is 0.486 e. The summed E-state index contributed by atoms with van der Waals surface area (Å²) in [5, 5.41) is 0. The molecular formula is C16H23NO6S. The van der Waals surface area contributed by atoms with Crippen LogP contribution in [0.4, 0.5) is 0 Å². The molecule has 2 rings (SSSR count). The minimum absolute atomic E-state index is 0.0145. The van der Waals surface area contributed by atoms with Crippen LogP contribution in [-0.4, -0.2) is 40.2 Å². The number of rotatable bonds is 7. The van der Waals surface area contributed by atoms with Crippen LogP contribution in [0.1, 0.15) is 27.2 Å². The minimum Gasteiger partial charge on any atom is -0.486 e. The van der Waals surface area contributed by atoms with Crippen molar-refractivity contribution >= 4 is 16.0 Å². The number of carbonyl (C=O) groups is 1. The second kappa shape index (κ2) is 7.85. The van der Waals surface area contributed by atoms with Gasteiger partial charge < -0.3 is 14.2 Å². The Bertz CT molecular complexity index is 686. The maximum atomic E-state index is 12.6. The summed E-state index contributed by atoms with van der Waals surface area (Å²) in [6.07, 6.45) is 0.672. The maximum Gasteiger partial charge on any atom is 0.324 e. The highest BCUT2D eigenvalue weighted by Gasteiger charge is 2.30. The topological polar surface area (TPSA) is 90.9 Å². The quantitative estimate of drug-likeness (QED) is 0.747. The summed E-state index contributed by atoms with van der Waals surface area (Å²) in [5.74, 6) is 0.0519. The van der Waals surface area contributed by atoms with E-state index >= 15 is 0 Å². The van der Waals surface area contributed by atoms with Crippen LogP contribution in [0, 0.1) is 5.92 Å². The molecule has 8 heteroatoms. The van der Waals surface area contributed by atoms with Crippen molar-refractivity contribution in [2.24, 2.45) is 5.92 Å². The molecule has 24 heavy (non-hydrogen) atoms. The van der Waals surface area contributed by atoms with E-state index in [-0.39, 0.29) is 17.4 Å². The molecule has 0 radical (unpaired) electrons. The first kappa shape index (κ1) is 18.5. The Hall–Kier alpha value is -1.80. The molecule has 0 fully saturated rings. The lowest BCUT2D eigenvalue weighted by molar-refractivity contribution is -0.146. The summed E-state index contributed by atoms with van der Waals surface area (Å²) in [6.45, 7) is 6.43. The Morgan fingerprint density at radius 1 is 1.25 bits per heavy atom. The van der Waals surface area contributed by atoms with E-state index < -0.39 is 22.0 Å². The predicted molar refractivity (Wildman–Crippen MR) is 87.6 cm³/mol. The van der Waals surface area contributed by atoms with Gasteiger partial charge in [0.15, 0.2) is 11.5 Å². The smallest absolute Gasteiger partial charge is 0.324 e. The lowest BCUT2D eigenvalue weighted by atomic mass is 10.1. The van der Waals surface area contributed by atoms with Crippen LogP contribution in [0.25, 0.3) is 0 Å². The number of ether oxygens (including phenoxy) is 3. The molecule has 0 unspecified atom stereocenters. The molecule has 0 aromatic heterocycles. The molecule has 0 aliphatic carbocycles. The highest BCUT2D eigenvalue weighted by Crippen LogP contribution is 2.32. The van der Waals surface area contributed by atoms with E-state index in [4.69, 9.17) is 14.2 Å². The van der Waals surface area contributed by atoms with Crippen molar-refractivity contribution in [3.63, 3.8) is 0 Å². The van der Waals surface area contributed by atoms with Gasteiger partial charge in [0.25, 0.3) is 0 Å². The Kier molecular flexibility index (Phi) is 6.06. The Morgan fingerprint density at radius 2 is 1.92 bits per heavy atom. The molecule has 1 aromatic rings. The van der Waals surface area contributed by atoms with E-state index in [0.29, 0.717) is 31.1 Å². The summed E-state index contributed by atoms with van der Waals surface area (Å²) < 4.78 is 43.5. The van der Waals surface area contributed by atoms with E-state index in [0.717, 1.165) is 0 Å². The number of hydrogen-bond donors (Lipinski definition) is 1. The Morgan fingerprint density at radius 3 is 2.54 bits per heavy atom. The molecule has 0 saturated carbocycles. The third-order valence-electron chi connectivity index (χ3n) is 3.48. The molecule has 1 heterocycles. The summed E-state index contributed by atoms with van der Waals surface area (Å²) in [4.78, 5) is 12.1. The summed E-state index contributed by atoms with van der Waals surface area (Å²) in [7, 11) is -3.89. The molecule has 7 nitrogen and oxygen atoms in total. The van der Waals surface area contributed by atoms with Gasteiger partial charge in [-0.05, 0) is 24.5 Å². The Balaban J connectivity index is 2.20. The molecule has 1 atom stereocenters. The predicted octanol–water partition coefficient (Wildman–Crippen LogP) is 1.71. The van der Waals surface area contributed by atoms with Crippen molar-refractivity contribution in [1.29, 1.82) is 0 Å². The van der Waals surface area contributed by atoms with Gasteiger partial charge in [0.05, 0.1) is 11.5 Å². The molecule has 0 bridgehead atoms. The first-order valence-corrected chi connectivity index (χ1v) is 9.42. The van der Waals surface area contributed by atoms with Crippen LogP contribution in [0.5, 0.6) is 11.5 Å². The van der Waals surface area contributed by atoms with Crippen molar-refractivity contribution in [2.45, 2.75) is 38.1 Å². The molecule has 1 aliphatic rings. The van der Waals surface area contributed by atoms with Crippen molar-refractivity contribution in [1.82, 2.24) is 4.72 Å². The van der Waals surface area contributed by atoms with Gasteiger partial charge in [-0.25, -0.2) is 8.42 Å². The third-order valence-corrected chi connectivity index (χ3v) is 4.91. The fourth-order valence-corrected chi connectivity index (χ4v) is 3.52. The van der Waals surface area contributed by atoms with E-state index in [1.807, 2.05) is 6.92 Å². The van der Waals surface area contributed by atoms with E-state index in [1.165, 1.54) is 12.1 Å². The molecule has 1 aliphatic heterocycles. The van der Waals surface area contributed by atoms with Crippen LogP contribution in [0.3, 0.4) is 0 Å². The third kappa shape index (κ3) is 4.39. The molecule has 134 valence electrons. The van der Waals surface area contributed by atoms with E-state index in [2.05, 4.69) is 4.72 Å². The average Bonchev–Trinajstić information content (AvgIpc) is 2.56. The van der Waals surface area contributed by atoms with Gasteiger partial charge in [0.2, 0.25) is 10.0 Å². The van der Waals surface area contributed by atoms with E-state index in [1.54, 1.807) is 19.9 Å². The summed E-state index contributed by atoms with van der Waals surface area (Å²) >= 11 is 0. The Labute approximate surface area is 142 Å². The molecule has 0 saturated heterocycles. The zero-order valence-electron chi connectivity index (χ0n) is 14.1. The fourth-order valence-electron chi connectivity index (χ4n) is 2.17. The number of nitrogens with one attached hydrogen (secondary N) is 1. The van der Waals surface area contributed by atoms with Crippen LogP contribution in [-0.2, 0) is 19.6 Å². The van der Waals surface area contributed by atoms with Gasteiger partial charge in [-0.15, -0.1) is 0 Å². The number of sulfonamides is 1. The van der Waals surface area contributed by atoms with Crippen LogP contribution < -0.4 is 14.2 Å². The van der Waals surface area contributed by atoms with Crippen molar-refractivity contribution in [3.05, 3.63) is 18.2 Å². The number of esters is 1. The zero-order valence-corrected chi connectivity index (χ0v) is 14.9. The number of fused-ring (bicyclic) bond motifs is 1. The van der Waals surface area contributed by atoms with E-state index in [9.17, 15) is 13.2 Å². The monoisotopic (exact) mass is 357 g/mol. The van der Waals surface area contributed by atoms with Crippen LogP contribution in [0.15, 0.2) is 23.1 Å². The van der Waals surface area contributed by atoms with Gasteiger partial charge >= 0.3 is 5.97 Å². The highest BCUT2D eigenvalue weighted by atomic mass is 32.2. The van der Waals surface area contributed by atoms with Gasteiger partial charge in [-0.2, -0.15) is 4.72 Å².